The smallest absolute Gasteiger partial charge is 0.207 e. The molecule has 2 heterocycles. The molecule has 0 radical (unpaired) electrons. The number of nitrogens with zero attached hydrogens (tertiary/aromatic N) is 2. The van der Waals surface area contributed by atoms with Gasteiger partial charge in [0.15, 0.2) is 5.69 Å². The summed E-state index contributed by atoms with van der Waals surface area (Å²) in [6.07, 6.45) is 8.09. The van der Waals surface area contributed by atoms with E-state index in [2.05, 4.69) is 17.2 Å². The van der Waals surface area contributed by atoms with E-state index < -0.39 is 0 Å². The minimum atomic E-state index is -0.270. The second kappa shape index (κ2) is 7.45. The molecule has 1 aliphatic carbocycles. The SMILES string of the molecule is Cn1cc(Cl)c(C(=O)/C=C/c2ccc(COc3ccc4c(c3)CCC4)o2)n1. The standard InChI is InChI=1S/C21H19ClN2O3/c1-24-12-19(22)21(23-24)20(25)10-9-16-7-8-18(27-16)13-26-17-6-5-14-3-2-4-15(14)11-17/h5-12H,2-4,13H2,1H3/b10-9+. The number of halogens is 1. The van der Waals surface area contributed by atoms with Crippen LogP contribution in [0.25, 0.3) is 6.08 Å². The zero-order valence-corrected chi connectivity index (χ0v) is 15.7. The van der Waals surface area contributed by atoms with Crippen molar-refractivity contribution in [3.8, 4) is 5.75 Å². The van der Waals surface area contributed by atoms with E-state index in [4.69, 9.17) is 20.8 Å². The van der Waals surface area contributed by atoms with Gasteiger partial charge in [0.05, 0.1) is 5.02 Å². The van der Waals surface area contributed by atoms with Crippen molar-refractivity contribution in [1.29, 1.82) is 0 Å². The number of hydrogen-bond acceptors (Lipinski definition) is 4. The van der Waals surface area contributed by atoms with Crippen molar-refractivity contribution in [3.05, 3.63) is 76.0 Å². The Kier molecular flexibility index (Phi) is 4.86. The first-order chi connectivity index (χ1) is 13.1. The van der Waals surface area contributed by atoms with Crippen LogP contribution in [0.5, 0.6) is 5.75 Å². The van der Waals surface area contributed by atoms with Crippen molar-refractivity contribution >= 4 is 23.5 Å². The van der Waals surface area contributed by atoms with Gasteiger partial charge in [0.2, 0.25) is 5.78 Å². The molecule has 27 heavy (non-hydrogen) atoms. The largest absolute Gasteiger partial charge is 0.486 e. The van der Waals surface area contributed by atoms with Crippen LogP contribution < -0.4 is 4.74 Å². The molecule has 5 nitrogen and oxygen atoms in total. The number of ether oxygens (including phenoxy) is 1. The third-order valence-electron chi connectivity index (χ3n) is 4.55. The summed E-state index contributed by atoms with van der Waals surface area (Å²) in [6, 6.07) is 9.89. The van der Waals surface area contributed by atoms with Crippen LogP contribution >= 0.6 is 11.6 Å². The number of aromatic nitrogens is 2. The van der Waals surface area contributed by atoms with E-state index in [1.165, 1.54) is 28.3 Å². The highest BCUT2D eigenvalue weighted by Crippen LogP contribution is 2.26. The van der Waals surface area contributed by atoms with E-state index in [9.17, 15) is 4.79 Å². The fourth-order valence-corrected chi connectivity index (χ4v) is 3.49. The van der Waals surface area contributed by atoms with Crippen LogP contribution in [-0.4, -0.2) is 15.6 Å². The number of carbonyl (C=O) groups is 1. The molecular weight excluding hydrogens is 364 g/mol. The maximum Gasteiger partial charge on any atom is 0.207 e. The van der Waals surface area contributed by atoms with Crippen LogP contribution in [0.2, 0.25) is 5.02 Å². The summed E-state index contributed by atoms with van der Waals surface area (Å²) in [6.45, 7) is 0.340. The third kappa shape index (κ3) is 3.98. The second-order valence-corrected chi connectivity index (χ2v) is 6.98. The third-order valence-corrected chi connectivity index (χ3v) is 4.83. The number of aryl methyl sites for hydroxylation is 3. The minimum absolute atomic E-state index is 0.224. The fourth-order valence-electron chi connectivity index (χ4n) is 3.22. The molecule has 0 amide bonds. The molecule has 2 aromatic heterocycles. The molecule has 138 valence electrons. The van der Waals surface area contributed by atoms with E-state index in [0.717, 1.165) is 18.6 Å². The fraction of sp³-hybridized carbons (Fsp3) is 0.238. The minimum Gasteiger partial charge on any atom is -0.486 e. The Hall–Kier alpha value is -2.79. The van der Waals surface area contributed by atoms with Gasteiger partial charge in [-0.25, -0.2) is 0 Å². The van der Waals surface area contributed by atoms with Crippen LogP contribution in [0.4, 0.5) is 0 Å². The number of furan rings is 1. The maximum atomic E-state index is 12.1. The summed E-state index contributed by atoms with van der Waals surface area (Å²) in [5.74, 6) is 1.85. The number of rotatable bonds is 6. The van der Waals surface area contributed by atoms with Gasteiger partial charge in [-0.2, -0.15) is 5.10 Å². The molecule has 0 fully saturated rings. The average Bonchev–Trinajstić information content (AvgIpc) is 3.37. The molecule has 0 aliphatic heterocycles. The Balaban J connectivity index is 1.37. The first-order valence-electron chi connectivity index (χ1n) is 8.83. The predicted molar refractivity (Wildman–Crippen MR) is 103 cm³/mol. The van der Waals surface area contributed by atoms with E-state index in [1.807, 2.05) is 12.1 Å². The molecule has 1 aromatic carbocycles. The molecule has 0 bridgehead atoms. The first-order valence-corrected chi connectivity index (χ1v) is 9.21. The molecule has 1 aliphatic rings. The summed E-state index contributed by atoms with van der Waals surface area (Å²) in [5.41, 5.74) is 3.02. The molecule has 0 atom stereocenters. The van der Waals surface area contributed by atoms with Crippen LogP contribution in [-0.2, 0) is 26.5 Å². The van der Waals surface area contributed by atoms with Gasteiger partial charge in [0.1, 0.15) is 23.9 Å². The monoisotopic (exact) mass is 382 g/mol. The highest BCUT2D eigenvalue weighted by atomic mass is 35.5. The van der Waals surface area contributed by atoms with E-state index in [1.54, 1.807) is 25.4 Å². The first kappa shape index (κ1) is 17.6. The van der Waals surface area contributed by atoms with Crippen molar-refractivity contribution in [2.45, 2.75) is 25.9 Å². The zero-order valence-electron chi connectivity index (χ0n) is 14.9. The molecule has 4 rings (SSSR count). The van der Waals surface area contributed by atoms with Gasteiger partial charge in [0, 0.05) is 13.2 Å². The lowest BCUT2D eigenvalue weighted by atomic mass is 10.1. The second-order valence-electron chi connectivity index (χ2n) is 6.57. The molecular formula is C21H19ClN2O3. The highest BCUT2D eigenvalue weighted by molar-refractivity contribution is 6.34. The van der Waals surface area contributed by atoms with E-state index in [-0.39, 0.29) is 11.5 Å². The Morgan fingerprint density at radius 3 is 2.96 bits per heavy atom. The van der Waals surface area contributed by atoms with Gasteiger partial charge >= 0.3 is 0 Å². The van der Waals surface area contributed by atoms with Crippen LogP contribution in [0, 0.1) is 0 Å². The summed E-state index contributed by atoms with van der Waals surface area (Å²) >= 11 is 5.98. The quantitative estimate of drug-likeness (QED) is 0.460. The van der Waals surface area contributed by atoms with Gasteiger partial charge in [-0.1, -0.05) is 17.7 Å². The summed E-state index contributed by atoms with van der Waals surface area (Å²) in [4.78, 5) is 12.1. The summed E-state index contributed by atoms with van der Waals surface area (Å²) < 4.78 is 13.0. The molecule has 6 heteroatoms. The lowest BCUT2D eigenvalue weighted by Gasteiger charge is -2.06. The Bertz CT molecular complexity index is 1020. The average molecular weight is 383 g/mol. The van der Waals surface area contributed by atoms with Crippen molar-refractivity contribution in [2.24, 2.45) is 7.05 Å². The molecule has 0 saturated carbocycles. The predicted octanol–water partition coefficient (Wildman–Crippen LogP) is 4.63. The maximum absolute atomic E-state index is 12.1. The molecule has 0 saturated heterocycles. The van der Waals surface area contributed by atoms with E-state index >= 15 is 0 Å². The van der Waals surface area contributed by atoms with Gasteiger partial charge in [0.25, 0.3) is 0 Å². The highest BCUT2D eigenvalue weighted by Gasteiger charge is 2.13. The summed E-state index contributed by atoms with van der Waals surface area (Å²) in [7, 11) is 1.71. The topological polar surface area (TPSA) is 57.3 Å². The van der Waals surface area contributed by atoms with Crippen molar-refractivity contribution < 1.29 is 13.9 Å². The molecule has 3 aromatic rings. The van der Waals surface area contributed by atoms with E-state index in [0.29, 0.717) is 23.2 Å². The van der Waals surface area contributed by atoms with Crippen LogP contribution in [0.3, 0.4) is 0 Å². The van der Waals surface area contributed by atoms with Gasteiger partial charge < -0.3 is 9.15 Å². The number of fused-ring (bicyclic) bond motifs is 1. The van der Waals surface area contributed by atoms with Gasteiger partial charge in [-0.3, -0.25) is 9.48 Å². The number of benzene rings is 1. The number of hydrogen-bond donors (Lipinski definition) is 0. The van der Waals surface area contributed by atoms with Crippen molar-refractivity contribution in [3.63, 3.8) is 0 Å². The Labute approximate surface area is 162 Å². The lowest BCUT2D eigenvalue weighted by molar-refractivity contribution is 0.104. The molecule has 0 N–H and O–H groups in total. The summed E-state index contributed by atoms with van der Waals surface area (Å²) in [5, 5.41) is 4.38. The van der Waals surface area contributed by atoms with Crippen molar-refractivity contribution in [2.75, 3.05) is 0 Å². The molecule has 0 spiro atoms. The number of allylic oxidation sites excluding steroid dienone is 1. The Morgan fingerprint density at radius 1 is 1.30 bits per heavy atom. The van der Waals surface area contributed by atoms with Crippen LogP contribution in [0.1, 0.15) is 39.6 Å². The Morgan fingerprint density at radius 2 is 2.15 bits per heavy atom. The molecule has 0 unspecified atom stereocenters. The van der Waals surface area contributed by atoms with Gasteiger partial charge in [-0.15, -0.1) is 0 Å². The lowest BCUT2D eigenvalue weighted by Crippen LogP contribution is -1.98. The zero-order chi connectivity index (χ0) is 18.8. The number of carbonyl (C=O) groups excluding carboxylic acids is 1. The number of ketones is 1. The van der Waals surface area contributed by atoms with Crippen LogP contribution in [0.15, 0.2) is 47.0 Å². The normalized spacial score (nSPS) is 13.3. The van der Waals surface area contributed by atoms with Gasteiger partial charge in [-0.05, 0) is 66.8 Å². The van der Waals surface area contributed by atoms with Crippen molar-refractivity contribution in [1.82, 2.24) is 9.78 Å².